The quantitative estimate of drug-likeness (QED) is 0.621. The summed E-state index contributed by atoms with van der Waals surface area (Å²) < 4.78 is 28.0. The van der Waals surface area contributed by atoms with Crippen molar-refractivity contribution in [1.29, 1.82) is 0 Å². The maximum Gasteiger partial charge on any atom is 0.268 e. The molecule has 2 aliphatic rings. The number of hydrogen-bond acceptors (Lipinski definition) is 7. The summed E-state index contributed by atoms with van der Waals surface area (Å²) in [4.78, 5) is 22.5. The normalized spacial score (nSPS) is 24.6. The minimum atomic E-state index is -3.27. The standard InChI is InChI=1S/C24H33N5O4S/c1-6-18-16(4)19-14-25-23(26-17-9-12-28(13-10-17)34(32,33)15(2)3)27-21(19)29(22(18)30)20-8-7-11-24(20,5)31/h1,14-15,17,20,31H,7-13H2,2-5H3,(H,25,26,27)/t20-,24-/m1/s1. The molecule has 34 heavy (non-hydrogen) atoms. The highest BCUT2D eigenvalue weighted by atomic mass is 32.2. The van der Waals surface area contributed by atoms with Crippen LogP contribution >= 0.6 is 0 Å². The van der Waals surface area contributed by atoms with Crippen LogP contribution in [0, 0.1) is 19.3 Å². The smallest absolute Gasteiger partial charge is 0.268 e. The summed E-state index contributed by atoms with van der Waals surface area (Å²) in [7, 11) is -3.27. The third kappa shape index (κ3) is 4.21. The van der Waals surface area contributed by atoms with Gasteiger partial charge < -0.3 is 10.4 Å². The van der Waals surface area contributed by atoms with E-state index in [2.05, 4.69) is 16.2 Å². The predicted octanol–water partition coefficient (Wildman–Crippen LogP) is 2.17. The van der Waals surface area contributed by atoms with Crippen LogP contribution in [0.4, 0.5) is 5.95 Å². The van der Waals surface area contributed by atoms with E-state index in [0.717, 1.165) is 6.42 Å². The molecule has 1 saturated carbocycles. The van der Waals surface area contributed by atoms with Gasteiger partial charge in [0.05, 0.1) is 22.5 Å². The van der Waals surface area contributed by atoms with E-state index in [9.17, 15) is 18.3 Å². The molecule has 0 unspecified atom stereocenters. The van der Waals surface area contributed by atoms with Crippen LogP contribution in [0.2, 0.25) is 0 Å². The molecule has 4 rings (SSSR count). The molecular weight excluding hydrogens is 454 g/mol. The molecule has 1 aliphatic carbocycles. The van der Waals surface area contributed by atoms with Gasteiger partial charge in [-0.15, -0.1) is 6.42 Å². The summed E-state index contributed by atoms with van der Waals surface area (Å²) in [5, 5.41) is 14.5. The monoisotopic (exact) mass is 487 g/mol. The second-order valence-corrected chi connectivity index (χ2v) is 12.4. The van der Waals surface area contributed by atoms with Crippen molar-refractivity contribution in [3.63, 3.8) is 0 Å². The van der Waals surface area contributed by atoms with Crippen LogP contribution in [0.3, 0.4) is 0 Å². The maximum atomic E-state index is 13.4. The SMILES string of the molecule is C#Cc1c(C)c2cnc(NC3CCN(S(=O)(=O)C(C)C)CC3)nc2n([C@@H]2CCC[C@@]2(C)O)c1=O. The Morgan fingerprint density at radius 3 is 2.53 bits per heavy atom. The summed E-state index contributed by atoms with van der Waals surface area (Å²) in [6.07, 6.45) is 10.7. The van der Waals surface area contributed by atoms with Crippen LogP contribution in [-0.2, 0) is 10.0 Å². The van der Waals surface area contributed by atoms with E-state index in [4.69, 9.17) is 11.4 Å². The number of piperidine rings is 1. The lowest BCUT2D eigenvalue weighted by Gasteiger charge is -2.32. The highest BCUT2D eigenvalue weighted by Gasteiger charge is 2.40. The first-order valence-corrected chi connectivity index (χ1v) is 13.3. The Bertz CT molecular complexity index is 1300. The van der Waals surface area contributed by atoms with Crippen molar-refractivity contribution in [3.8, 4) is 12.3 Å². The molecule has 0 aromatic carbocycles. The lowest BCUT2D eigenvalue weighted by molar-refractivity contribution is 0.0266. The molecule has 2 aromatic heterocycles. The molecule has 2 atom stereocenters. The van der Waals surface area contributed by atoms with Gasteiger partial charge >= 0.3 is 0 Å². The van der Waals surface area contributed by atoms with E-state index in [1.54, 1.807) is 42.8 Å². The van der Waals surface area contributed by atoms with E-state index in [1.807, 2.05) is 0 Å². The predicted molar refractivity (Wildman–Crippen MR) is 132 cm³/mol. The molecule has 0 radical (unpaired) electrons. The molecule has 1 aliphatic heterocycles. The summed E-state index contributed by atoms with van der Waals surface area (Å²) in [6.45, 7) is 7.79. The van der Waals surface area contributed by atoms with Crippen molar-refractivity contribution in [2.45, 2.75) is 82.7 Å². The highest BCUT2D eigenvalue weighted by Crippen LogP contribution is 2.39. The number of hydrogen-bond donors (Lipinski definition) is 2. The first-order valence-electron chi connectivity index (χ1n) is 11.8. The number of aromatic nitrogens is 3. The fourth-order valence-corrected chi connectivity index (χ4v) is 6.45. The summed E-state index contributed by atoms with van der Waals surface area (Å²) in [5.41, 5.74) is 0.00133. The number of sulfonamides is 1. The van der Waals surface area contributed by atoms with Crippen LogP contribution in [0.5, 0.6) is 0 Å². The number of aliphatic hydroxyl groups is 1. The van der Waals surface area contributed by atoms with Gasteiger partial charge in [0.25, 0.3) is 5.56 Å². The second kappa shape index (κ2) is 8.95. The topological polar surface area (TPSA) is 117 Å². The molecule has 3 heterocycles. The lowest BCUT2D eigenvalue weighted by Crippen LogP contribution is -2.45. The number of anilines is 1. The molecule has 10 heteroatoms. The number of rotatable bonds is 5. The summed E-state index contributed by atoms with van der Waals surface area (Å²) in [6, 6.07) is -0.417. The Labute approximate surface area is 200 Å². The molecule has 1 saturated heterocycles. The molecule has 2 N–H and O–H groups in total. The van der Waals surface area contributed by atoms with Crippen molar-refractivity contribution in [2.75, 3.05) is 18.4 Å². The van der Waals surface area contributed by atoms with Gasteiger partial charge in [0.1, 0.15) is 5.65 Å². The second-order valence-electron chi connectivity index (χ2n) is 9.93. The zero-order chi connectivity index (χ0) is 24.8. The van der Waals surface area contributed by atoms with Crippen LogP contribution in [0.1, 0.15) is 70.0 Å². The average molecular weight is 488 g/mol. The third-order valence-corrected chi connectivity index (χ3v) is 9.56. The maximum absolute atomic E-state index is 13.4. The number of aryl methyl sites for hydroxylation is 1. The zero-order valence-corrected chi connectivity index (χ0v) is 21.0. The molecule has 0 bridgehead atoms. The Hall–Kier alpha value is -2.48. The molecule has 0 spiro atoms. The number of fused-ring (bicyclic) bond motifs is 1. The number of nitrogens with zero attached hydrogens (tertiary/aromatic N) is 4. The number of terminal acetylenes is 1. The van der Waals surface area contributed by atoms with Crippen LogP contribution in [0.25, 0.3) is 11.0 Å². The zero-order valence-electron chi connectivity index (χ0n) is 20.2. The molecular formula is C24H33N5O4S. The van der Waals surface area contributed by atoms with Crippen LogP contribution < -0.4 is 10.9 Å². The molecule has 2 aromatic rings. The van der Waals surface area contributed by atoms with Gasteiger partial charge in [-0.25, -0.2) is 17.7 Å². The van der Waals surface area contributed by atoms with Crippen molar-refractivity contribution in [3.05, 3.63) is 27.7 Å². The third-order valence-electron chi connectivity index (χ3n) is 7.29. The summed E-state index contributed by atoms with van der Waals surface area (Å²) >= 11 is 0. The first-order chi connectivity index (χ1) is 16.0. The minimum absolute atomic E-state index is 0.0110. The first kappa shape index (κ1) is 24.6. The van der Waals surface area contributed by atoms with Gasteiger partial charge in [0.15, 0.2) is 0 Å². The van der Waals surface area contributed by atoms with Crippen molar-refractivity contribution in [1.82, 2.24) is 18.8 Å². The minimum Gasteiger partial charge on any atom is -0.388 e. The highest BCUT2D eigenvalue weighted by molar-refractivity contribution is 7.89. The van der Waals surface area contributed by atoms with Gasteiger partial charge in [0.2, 0.25) is 16.0 Å². The Balaban J connectivity index is 1.67. The van der Waals surface area contributed by atoms with E-state index < -0.39 is 26.9 Å². The van der Waals surface area contributed by atoms with Crippen molar-refractivity contribution >= 4 is 27.0 Å². The van der Waals surface area contributed by atoms with Crippen molar-refractivity contribution in [2.24, 2.45) is 0 Å². The Kier molecular flexibility index (Phi) is 6.48. The Morgan fingerprint density at radius 1 is 1.29 bits per heavy atom. The van der Waals surface area contributed by atoms with Crippen molar-refractivity contribution < 1.29 is 13.5 Å². The number of pyridine rings is 1. The summed E-state index contributed by atoms with van der Waals surface area (Å²) in [5.74, 6) is 2.88. The van der Waals surface area contributed by atoms with Gasteiger partial charge in [0, 0.05) is 30.7 Å². The van der Waals surface area contributed by atoms with E-state index >= 15 is 0 Å². The van der Waals surface area contributed by atoms with Gasteiger partial charge in [-0.1, -0.05) is 5.92 Å². The van der Waals surface area contributed by atoms with Gasteiger partial charge in [-0.05, 0) is 65.4 Å². The largest absolute Gasteiger partial charge is 0.388 e. The molecule has 0 amide bonds. The number of nitrogens with one attached hydrogen (secondary N) is 1. The fraction of sp³-hybridized carbons (Fsp3) is 0.625. The van der Waals surface area contributed by atoms with Gasteiger partial charge in [-0.3, -0.25) is 9.36 Å². The van der Waals surface area contributed by atoms with E-state index in [0.29, 0.717) is 61.3 Å². The van der Waals surface area contributed by atoms with Gasteiger partial charge in [-0.2, -0.15) is 4.98 Å². The van der Waals surface area contributed by atoms with Crippen LogP contribution in [0.15, 0.2) is 11.0 Å². The lowest BCUT2D eigenvalue weighted by atomic mass is 9.98. The fourth-order valence-electron chi connectivity index (χ4n) is 5.13. The van der Waals surface area contributed by atoms with Crippen LogP contribution in [-0.4, -0.2) is 62.3 Å². The van der Waals surface area contributed by atoms with E-state index in [-0.39, 0.29) is 17.2 Å². The molecule has 184 valence electrons. The Morgan fingerprint density at radius 2 is 1.97 bits per heavy atom. The molecule has 9 nitrogen and oxygen atoms in total. The molecule has 2 fully saturated rings. The average Bonchev–Trinajstić information content (AvgIpc) is 3.13. The van der Waals surface area contributed by atoms with E-state index in [1.165, 1.54) is 0 Å².